The van der Waals surface area contributed by atoms with Crippen molar-refractivity contribution < 1.29 is 22.8 Å². The Morgan fingerprint density at radius 3 is 2.23 bits per heavy atom. The molecule has 0 saturated carbocycles. The molecule has 0 spiro atoms. The molecule has 2 aromatic rings. The van der Waals surface area contributed by atoms with Gasteiger partial charge in [-0.3, -0.25) is 14.5 Å². The molecular weight excluding hydrogens is 403 g/mol. The van der Waals surface area contributed by atoms with E-state index in [9.17, 15) is 22.8 Å². The zero-order chi connectivity index (χ0) is 22.6. The number of amides is 1. The fourth-order valence-electron chi connectivity index (χ4n) is 4.76. The van der Waals surface area contributed by atoms with Crippen molar-refractivity contribution in [2.24, 2.45) is 5.41 Å². The Hall–Kier alpha value is -2.89. The van der Waals surface area contributed by atoms with Crippen molar-refractivity contribution in [1.29, 1.82) is 0 Å². The van der Waals surface area contributed by atoms with Gasteiger partial charge in [0, 0.05) is 35.7 Å². The SMILES string of the molecule is Cc1ccccc1C1CC(=O)N(c2ccc(C(F)(F)F)cc2)C2=C1C(=O)CC(C)(C)C2. The Morgan fingerprint density at radius 2 is 1.61 bits per heavy atom. The summed E-state index contributed by atoms with van der Waals surface area (Å²) < 4.78 is 39.0. The number of rotatable bonds is 2. The number of Topliss-reactive ketones (excluding diaryl/α,β-unsaturated/α-hetero) is 1. The fraction of sp³-hybridized carbons (Fsp3) is 0.360. The summed E-state index contributed by atoms with van der Waals surface area (Å²) in [5.41, 5.74) is 2.44. The third-order valence-electron chi connectivity index (χ3n) is 6.16. The molecule has 4 rings (SSSR count). The average molecular weight is 427 g/mol. The van der Waals surface area contributed by atoms with E-state index in [-0.39, 0.29) is 29.4 Å². The summed E-state index contributed by atoms with van der Waals surface area (Å²) in [4.78, 5) is 28.0. The number of ketones is 1. The third kappa shape index (κ3) is 3.91. The van der Waals surface area contributed by atoms with Crippen LogP contribution in [-0.2, 0) is 15.8 Å². The summed E-state index contributed by atoms with van der Waals surface area (Å²) in [5.74, 6) is -0.542. The van der Waals surface area contributed by atoms with Gasteiger partial charge in [-0.05, 0) is 54.2 Å². The first kappa shape index (κ1) is 21.3. The van der Waals surface area contributed by atoms with Gasteiger partial charge < -0.3 is 0 Å². The van der Waals surface area contributed by atoms with Gasteiger partial charge in [0.1, 0.15) is 0 Å². The minimum atomic E-state index is -4.45. The Balaban J connectivity index is 1.86. The maximum Gasteiger partial charge on any atom is 0.416 e. The number of carbonyl (C=O) groups is 2. The van der Waals surface area contributed by atoms with Gasteiger partial charge in [0.05, 0.1) is 5.56 Å². The van der Waals surface area contributed by atoms with Crippen molar-refractivity contribution in [2.75, 3.05) is 4.90 Å². The molecule has 0 aromatic heterocycles. The van der Waals surface area contributed by atoms with E-state index in [4.69, 9.17) is 0 Å². The van der Waals surface area contributed by atoms with Gasteiger partial charge in [-0.25, -0.2) is 0 Å². The molecule has 0 bridgehead atoms. The molecule has 1 unspecified atom stereocenters. The summed E-state index contributed by atoms with van der Waals surface area (Å²) >= 11 is 0. The largest absolute Gasteiger partial charge is 0.416 e. The van der Waals surface area contributed by atoms with Crippen LogP contribution in [0, 0.1) is 12.3 Å². The Kier molecular flexibility index (Phi) is 5.07. The molecule has 2 aliphatic rings. The molecule has 31 heavy (non-hydrogen) atoms. The topological polar surface area (TPSA) is 37.4 Å². The first-order chi connectivity index (χ1) is 14.5. The highest BCUT2D eigenvalue weighted by atomic mass is 19.4. The van der Waals surface area contributed by atoms with Crippen LogP contribution in [0.4, 0.5) is 18.9 Å². The van der Waals surface area contributed by atoms with E-state index < -0.39 is 11.7 Å². The third-order valence-corrected chi connectivity index (χ3v) is 6.16. The van der Waals surface area contributed by atoms with Crippen molar-refractivity contribution in [1.82, 2.24) is 0 Å². The lowest BCUT2D eigenvalue weighted by Crippen LogP contribution is -2.43. The number of hydrogen-bond acceptors (Lipinski definition) is 2. The van der Waals surface area contributed by atoms with E-state index in [1.54, 1.807) is 0 Å². The first-order valence-corrected chi connectivity index (χ1v) is 10.3. The lowest BCUT2D eigenvalue weighted by Gasteiger charge is -2.43. The van der Waals surface area contributed by atoms with Gasteiger partial charge in [-0.1, -0.05) is 38.1 Å². The second kappa shape index (κ2) is 7.36. The highest BCUT2D eigenvalue weighted by Crippen LogP contribution is 2.48. The molecule has 1 aliphatic heterocycles. The molecule has 0 radical (unpaired) electrons. The van der Waals surface area contributed by atoms with Crippen molar-refractivity contribution in [2.45, 2.75) is 52.1 Å². The molecular formula is C25H24F3NO2. The van der Waals surface area contributed by atoms with Gasteiger partial charge in [0.25, 0.3) is 0 Å². The van der Waals surface area contributed by atoms with E-state index in [2.05, 4.69) is 0 Å². The number of carbonyl (C=O) groups excluding carboxylic acids is 2. The first-order valence-electron chi connectivity index (χ1n) is 10.3. The van der Waals surface area contributed by atoms with Gasteiger partial charge in [0.15, 0.2) is 5.78 Å². The van der Waals surface area contributed by atoms with Crippen LogP contribution in [0.25, 0.3) is 0 Å². The maximum atomic E-state index is 13.3. The average Bonchev–Trinajstić information content (AvgIpc) is 2.66. The van der Waals surface area contributed by atoms with Crippen LogP contribution in [0.1, 0.15) is 55.7 Å². The minimum Gasteiger partial charge on any atom is -0.294 e. The van der Waals surface area contributed by atoms with Crippen LogP contribution < -0.4 is 4.90 Å². The number of halogens is 3. The Bertz CT molecular complexity index is 1080. The number of benzene rings is 2. The monoisotopic (exact) mass is 427 g/mol. The summed E-state index contributed by atoms with van der Waals surface area (Å²) in [5, 5.41) is 0. The highest BCUT2D eigenvalue weighted by molar-refractivity contribution is 6.07. The zero-order valence-corrected chi connectivity index (χ0v) is 17.7. The van der Waals surface area contributed by atoms with Crippen LogP contribution >= 0.6 is 0 Å². The van der Waals surface area contributed by atoms with Crippen molar-refractivity contribution >= 4 is 17.4 Å². The molecule has 6 heteroatoms. The number of anilines is 1. The summed E-state index contributed by atoms with van der Waals surface area (Å²) in [6, 6.07) is 12.3. The Morgan fingerprint density at radius 1 is 0.968 bits per heavy atom. The fourth-order valence-corrected chi connectivity index (χ4v) is 4.76. The lowest BCUT2D eigenvalue weighted by atomic mass is 9.69. The predicted molar refractivity (Wildman–Crippen MR) is 113 cm³/mol. The maximum absolute atomic E-state index is 13.3. The molecule has 1 aliphatic carbocycles. The molecule has 1 heterocycles. The molecule has 2 aromatic carbocycles. The second-order valence-electron chi connectivity index (χ2n) is 9.19. The number of alkyl halides is 3. The second-order valence-corrected chi connectivity index (χ2v) is 9.19. The van der Waals surface area contributed by atoms with E-state index in [1.165, 1.54) is 17.0 Å². The summed E-state index contributed by atoms with van der Waals surface area (Å²) in [6.45, 7) is 5.91. The quantitative estimate of drug-likeness (QED) is 0.574. The molecule has 1 amide bonds. The van der Waals surface area contributed by atoms with Crippen LogP contribution in [-0.4, -0.2) is 11.7 Å². The molecule has 0 fully saturated rings. The number of aryl methyl sites for hydroxylation is 1. The molecule has 1 atom stereocenters. The lowest BCUT2D eigenvalue weighted by molar-refractivity contribution is -0.137. The van der Waals surface area contributed by atoms with Gasteiger partial charge >= 0.3 is 6.18 Å². The summed E-state index contributed by atoms with van der Waals surface area (Å²) in [7, 11) is 0. The zero-order valence-electron chi connectivity index (χ0n) is 17.7. The van der Waals surface area contributed by atoms with Crippen molar-refractivity contribution in [3.8, 4) is 0 Å². The van der Waals surface area contributed by atoms with Crippen molar-refractivity contribution in [3.63, 3.8) is 0 Å². The molecule has 0 saturated heterocycles. The van der Waals surface area contributed by atoms with Crippen LogP contribution in [0.15, 0.2) is 59.8 Å². The molecule has 162 valence electrons. The van der Waals surface area contributed by atoms with E-state index in [0.29, 0.717) is 29.8 Å². The molecule has 3 nitrogen and oxygen atoms in total. The van der Waals surface area contributed by atoms with Gasteiger partial charge in [-0.2, -0.15) is 13.2 Å². The van der Waals surface area contributed by atoms with Crippen molar-refractivity contribution in [3.05, 3.63) is 76.5 Å². The molecule has 0 N–H and O–H groups in total. The standard InChI is InChI=1S/C25H24F3NO2/c1-15-6-4-5-7-18(15)19-12-22(31)29(17-10-8-16(9-11-17)25(26,27)28)20-13-24(2,3)14-21(30)23(19)20/h4-11,19H,12-14H2,1-3H3. The van der Waals surface area contributed by atoms with Gasteiger partial charge in [0.2, 0.25) is 5.91 Å². The number of allylic oxidation sites excluding steroid dienone is 2. The Labute approximate surface area is 179 Å². The smallest absolute Gasteiger partial charge is 0.294 e. The van der Waals surface area contributed by atoms with Crippen LogP contribution in [0.5, 0.6) is 0 Å². The highest BCUT2D eigenvalue weighted by Gasteiger charge is 2.44. The van der Waals surface area contributed by atoms with Crippen LogP contribution in [0.3, 0.4) is 0 Å². The van der Waals surface area contributed by atoms with E-state index in [1.807, 2.05) is 45.0 Å². The predicted octanol–water partition coefficient (Wildman–Crippen LogP) is 6.18. The number of nitrogens with zero attached hydrogens (tertiary/aromatic N) is 1. The normalized spacial score (nSPS) is 21.4. The van der Waals surface area contributed by atoms with E-state index in [0.717, 1.165) is 23.3 Å². The van der Waals surface area contributed by atoms with Crippen LogP contribution in [0.2, 0.25) is 0 Å². The number of hydrogen-bond donors (Lipinski definition) is 0. The van der Waals surface area contributed by atoms with Gasteiger partial charge in [-0.15, -0.1) is 0 Å². The summed E-state index contributed by atoms with van der Waals surface area (Å²) in [6.07, 6.45) is -3.46. The minimum absolute atomic E-state index is 0.00362. The van der Waals surface area contributed by atoms with E-state index >= 15 is 0 Å².